The minimum atomic E-state index is 0.311. The maximum Gasteiger partial charge on any atom is 0.123 e. The third-order valence-corrected chi connectivity index (χ3v) is 3.84. The molecule has 0 radical (unpaired) electrons. The van der Waals surface area contributed by atoms with Crippen LogP contribution < -0.4 is 10.1 Å². The third-order valence-electron chi connectivity index (χ3n) is 3.84. The standard InChI is InChI=1S/C18H26N2O/c1-4-12-20-13-8-9-15(20)14-19-17(5-2)16-10-6-7-11-18(16)21-3/h6-11,13,17,19H,4-5,12,14H2,1-3H3. The van der Waals surface area contributed by atoms with Crippen LogP contribution in [0.4, 0.5) is 0 Å². The summed E-state index contributed by atoms with van der Waals surface area (Å²) in [6.45, 7) is 6.37. The Morgan fingerprint density at radius 1 is 1.14 bits per heavy atom. The number of methoxy groups -OCH3 is 1. The van der Waals surface area contributed by atoms with E-state index in [0.717, 1.165) is 31.7 Å². The van der Waals surface area contributed by atoms with Crippen molar-refractivity contribution in [3.63, 3.8) is 0 Å². The maximum atomic E-state index is 5.48. The summed E-state index contributed by atoms with van der Waals surface area (Å²) >= 11 is 0. The van der Waals surface area contributed by atoms with Gasteiger partial charge >= 0.3 is 0 Å². The van der Waals surface area contributed by atoms with Crippen molar-refractivity contribution < 1.29 is 4.74 Å². The zero-order valence-electron chi connectivity index (χ0n) is 13.3. The Kier molecular flexibility index (Phi) is 5.88. The molecular weight excluding hydrogens is 260 g/mol. The lowest BCUT2D eigenvalue weighted by atomic mass is 10.0. The van der Waals surface area contributed by atoms with Crippen molar-refractivity contribution in [3.05, 3.63) is 53.9 Å². The number of nitrogens with one attached hydrogen (secondary N) is 1. The quantitative estimate of drug-likeness (QED) is 0.789. The summed E-state index contributed by atoms with van der Waals surface area (Å²) in [7, 11) is 1.73. The highest BCUT2D eigenvalue weighted by molar-refractivity contribution is 5.35. The van der Waals surface area contributed by atoms with Gasteiger partial charge in [-0.3, -0.25) is 0 Å². The Morgan fingerprint density at radius 2 is 1.95 bits per heavy atom. The topological polar surface area (TPSA) is 26.2 Å². The van der Waals surface area contributed by atoms with Crippen LogP contribution in [0.1, 0.15) is 44.0 Å². The number of aryl methyl sites for hydroxylation is 1. The lowest BCUT2D eigenvalue weighted by molar-refractivity contribution is 0.395. The SMILES string of the molecule is CCCn1cccc1CNC(CC)c1ccccc1OC. The van der Waals surface area contributed by atoms with Crippen LogP contribution in [-0.2, 0) is 13.1 Å². The van der Waals surface area contributed by atoms with Gasteiger partial charge in [0.15, 0.2) is 0 Å². The summed E-state index contributed by atoms with van der Waals surface area (Å²) in [6, 6.07) is 12.9. The van der Waals surface area contributed by atoms with E-state index in [2.05, 4.69) is 54.2 Å². The molecule has 3 nitrogen and oxygen atoms in total. The zero-order chi connectivity index (χ0) is 15.1. The molecule has 1 aromatic heterocycles. The van der Waals surface area contributed by atoms with Gasteiger partial charge in [-0.05, 0) is 31.0 Å². The number of hydrogen-bond acceptors (Lipinski definition) is 2. The molecule has 21 heavy (non-hydrogen) atoms. The monoisotopic (exact) mass is 286 g/mol. The average Bonchev–Trinajstić information content (AvgIpc) is 2.96. The molecule has 114 valence electrons. The number of aromatic nitrogens is 1. The average molecular weight is 286 g/mol. The minimum Gasteiger partial charge on any atom is -0.496 e. The molecule has 0 aliphatic heterocycles. The number of hydrogen-bond donors (Lipinski definition) is 1. The largest absolute Gasteiger partial charge is 0.496 e. The third kappa shape index (κ3) is 3.88. The van der Waals surface area contributed by atoms with Crippen molar-refractivity contribution in [1.82, 2.24) is 9.88 Å². The summed E-state index contributed by atoms with van der Waals surface area (Å²) in [4.78, 5) is 0. The molecule has 0 saturated heterocycles. The van der Waals surface area contributed by atoms with Crippen LogP contribution in [0.5, 0.6) is 5.75 Å². The number of benzene rings is 1. The second-order valence-corrected chi connectivity index (χ2v) is 5.28. The Morgan fingerprint density at radius 3 is 2.67 bits per heavy atom. The predicted octanol–water partition coefficient (Wildman–Crippen LogP) is 4.15. The van der Waals surface area contributed by atoms with Crippen LogP contribution >= 0.6 is 0 Å². The first-order chi connectivity index (χ1) is 10.3. The number of ether oxygens (including phenoxy) is 1. The van der Waals surface area contributed by atoms with Crippen molar-refractivity contribution in [1.29, 1.82) is 0 Å². The van der Waals surface area contributed by atoms with Crippen molar-refractivity contribution in [2.75, 3.05) is 7.11 Å². The van der Waals surface area contributed by atoms with Crippen molar-refractivity contribution in [2.45, 2.75) is 45.8 Å². The van der Waals surface area contributed by atoms with Gasteiger partial charge in [-0.2, -0.15) is 0 Å². The predicted molar refractivity (Wildman–Crippen MR) is 87.6 cm³/mol. The van der Waals surface area contributed by atoms with Crippen molar-refractivity contribution in [3.8, 4) is 5.75 Å². The summed E-state index contributed by atoms with van der Waals surface area (Å²) < 4.78 is 7.80. The van der Waals surface area contributed by atoms with E-state index in [1.54, 1.807) is 7.11 Å². The fraction of sp³-hybridized carbons (Fsp3) is 0.444. The zero-order valence-corrected chi connectivity index (χ0v) is 13.3. The number of para-hydroxylation sites is 1. The van der Waals surface area contributed by atoms with E-state index in [4.69, 9.17) is 4.74 Å². The van der Waals surface area contributed by atoms with Crippen molar-refractivity contribution in [2.24, 2.45) is 0 Å². The lowest BCUT2D eigenvalue weighted by Gasteiger charge is -2.20. The molecule has 0 fully saturated rings. The first kappa shape index (κ1) is 15.6. The summed E-state index contributed by atoms with van der Waals surface area (Å²) in [5, 5.41) is 3.66. The van der Waals surface area contributed by atoms with Gasteiger partial charge in [-0.25, -0.2) is 0 Å². The van der Waals surface area contributed by atoms with E-state index in [9.17, 15) is 0 Å². The highest BCUT2D eigenvalue weighted by Crippen LogP contribution is 2.27. The van der Waals surface area contributed by atoms with Crippen LogP contribution in [0.2, 0.25) is 0 Å². The molecule has 0 amide bonds. The van der Waals surface area contributed by atoms with Gasteiger partial charge < -0.3 is 14.6 Å². The molecule has 0 bridgehead atoms. The Labute approximate surface area is 127 Å². The molecule has 0 aliphatic carbocycles. The van der Waals surface area contributed by atoms with E-state index in [0.29, 0.717) is 6.04 Å². The normalized spacial score (nSPS) is 12.3. The van der Waals surface area contributed by atoms with Gasteiger partial charge in [0.1, 0.15) is 5.75 Å². The summed E-state index contributed by atoms with van der Waals surface area (Å²) in [5.41, 5.74) is 2.57. The molecule has 2 rings (SSSR count). The van der Waals surface area contributed by atoms with Gasteiger partial charge in [0.2, 0.25) is 0 Å². The molecule has 1 atom stereocenters. The number of rotatable bonds is 8. The van der Waals surface area contributed by atoms with E-state index in [1.807, 2.05) is 12.1 Å². The fourth-order valence-corrected chi connectivity index (χ4v) is 2.73. The second-order valence-electron chi connectivity index (χ2n) is 5.28. The van der Waals surface area contributed by atoms with Gasteiger partial charge in [0, 0.05) is 36.6 Å². The van der Waals surface area contributed by atoms with Crippen LogP contribution in [-0.4, -0.2) is 11.7 Å². The number of nitrogens with zero attached hydrogens (tertiary/aromatic N) is 1. The van der Waals surface area contributed by atoms with Crippen LogP contribution in [0.15, 0.2) is 42.6 Å². The molecular formula is C18H26N2O. The maximum absolute atomic E-state index is 5.48. The van der Waals surface area contributed by atoms with Crippen LogP contribution in [0, 0.1) is 0 Å². The Hall–Kier alpha value is -1.74. The Bertz CT molecular complexity index is 548. The van der Waals surface area contributed by atoms with E-state index >= 15 is 0 Å². The second kappa shape index (κ2) is 7.89. The van der Waals surface area contributed by atoms with Crippen molar-refractivity contribution >= 4 is 0 Å². The highest BCUT2D eigenvalue weighted by Gasteiger charge is 2.13. The van der Waals surface area contributed by atoms with Crippen LogP contribution in [0.25, 0.3) is 0 Å². The molecule has 1 unspecified atom stereocenters. The molecule has 0 spiro atoms. The molecule has 0 aliphatic rings. The van der Waals surface area contributed by atoms with E-state index in [-0.39, 0.29) is 0 Å². The molecule has 2 aromatic rings. The summed E-state index contributed by atoms with van der Waals surface area (Å²) in [5.74, 6) is 0.959. The molecule has 1 aromatic carbocycles. The minimum absolute atomic E-state index is 0.311. The molecule has 0 saturated carbocycles. The molecule has 1 heterocycles. The highest BCUT2D eigenvalue weighted by atomic mass is 16.5. The fourth-order valence-electron chi connectivity index (χ4n) is 2.73. The van der Waals surface area contributed by atoms with Gasteiger partial charge in [0.05, 0.1) is 7.11 Å². The van der Waals surface area contributed by atoms with E-state index < -0.39 is 0 Å². The molecule has 1 N–H and O–H groups in total. The smallest absolute Gasteiger partial charge is 0.123 e. The first-order valence-electron chi connectivity index (χ1n) is 7.80. The van der Waals surface area contributed by atoms with Gasteiger partial charge in [-0.1, -0.05) is 32.0 Å². The van der Waals surface area contributed by atoms with Crippen LogP contribution in [0.3, 0.4) is 0 Å². The lowest BCUT2D eigenvalue weighted by Crippen LogP contribution is -2.22. The van der Waals surface area contributed by atoms with Gasteiger partial charge in [0.25, 0.3) is 0 Å². The van der Waals surface area contributed by atoms with E-state index in [1.165, 1.54) is 11.3 Å². The Balaban J connectivity index is 2.07. The first-order valence-corrected chi connectivity index (χ1v) is 7.80. The molecule has 3 heteroatoms. The van der Waals surface area contributed by atoms with Gasteiger partial charge in [-0.15, -0.1) is 0 Å². The summed E-state index contributed by atoms with van der Waals surface area (Å²) in [6.07, 6.45) is 4.35.